The van der Waals surface area contributed by atoms with Crippen molar-refractivity contribution in [3.05, 3.63) is 58.5 Å². The number of nitrogens with zero attached hydrogens (tertiary/aromatic N) is 1. The molecule has 0 unspecified atom stereocenters. The van der Waals surface area contributed by atoms with Crippen LogP contribution >= 0.6 is 24.0 Å². The van der Waals surface area contributed by atoms with Gasteiger partial charge < -0.3 is 20.1 Å². The molecule has 0 atom stereocenters. The molecule has 1 saturated heterocycles. The van der Waals surface area contributed by atoms with E-state index in [1.807, 2.05) is 0 Å². The molecule has 0 spiro atoms. The van der Waals surface area contributed by atoms with Gasteiger partial charge in [-0.2, -0.15) is 0 Å². The third-order valence-electron chi connectivity index (χ3n) is 4.02. The number of hydrogen-bond acceptors (Lipinski definition) is 7. The van der Waals surface area contributed by atoms with Crippen LogP contribution in [0.1, 0.15) is 22.3 Å². The van der Waals surface area contributed by atoms with Gasteiger partial charge in [0.25, 0.3) is 5.91 Å². The quantitative estimate of drug-likeness (QED) is 0.435. The van der Waals surface area contributed by atoms with E-state index in [9.17, 15) is 19.5 Å². The van der Waals surface area contributed by atoms with Gasteiger partial charge in [0, 0.05) is 0 Å². The molecule has 0 aromatic heterocycles. The van der Waals surface area contributed by atoms with E-state index in [0.29, 0.717) is 16.2 Å². The molecule has 8 nitrogen and oxygen atoms in total. The number of aromatic hydroxyl groups is 1. The van der Waals surface area contributed by atoms with Gasteiger partial charge in [-0.05, 0) is 42.0 Å². The molecule has 0 saturated carbocycles. The molecule has 10 heteroatoms. The Morgan fingerprint density at radius 1 is 1.13 bits per heavy atom. The number of carboxylic acid groups (broad SMARTS) is 2. The molecule has 0 bridgehead atoms. The van der Waals surface area contributed by atoms with Gasteiger partial charge in [0.15, 0.2) is 4.32 Å². The van der Waals surface area contributed by atoms with Gasteiger partial charge in [-0.15, -0.1) is 0 Å². The standard InChI is InChI=1S/C20H15NO7S2/c22-15-6-3-12(10-14(15)19(26)27)21-18(25)16(30-20(21)29)9-11-1-4-13(5-2-11)28-8-7-17(23)24/h1-6,9-10,22H,7-8H2,(H,23,24)(H,26,27)/b16-9-. The highest BCUT2D eigenvalue weighted by Crippen LogP contribution is 2.37. The zero-order chi connectivity index (χ0) is 21.8. The molecule has 1 heterocycles. The van der Waals surface area contributed by atoms with Gasteiger partial charge in [0.2, 0.25) is 0 Å². The highest BCUT2D eigenvalue weighted by Gasteiger charge is 2.34. The number of thioether (sulfide) groups is 1. The Morgan fingerprint density at radius 3 is 2.47 bits per heavy atom. The minimum absolute atomic E-state index is 0.0539. The van der Waals surface area contributed by atoms with E-state index in [1.165, 1.54) is 23.1 Å². The van der Waals surface area contributed by atoms with Crippen molar-refractivity contribution >= 4 is 57.9 Å². The fourth-order valence-electron chi connectivity index (χ4n) is 2.59. The van der Waals surface area contributed by atoms with Crippen LogP contribution in [0.2, 0.25) is 0 Å². The van der Waals surface area contributed by atoms with Crippen LogP contribution in [0.15, 0.2) is 47.4 Å². The lowest BCUT2D eigenvalue weighted by Gasteiger charge is -2.15. The minimum Gasteiger partial charge on any atom is -0.507 e. The molecule has 1 fully saturated rings. The number of phenols is 1. The molecule has 1 amide bonds. The van der Waals surface area contributed by atoms with Gasteiger partial charge in [0.1, 0.15) is 17.1 Å². The van der Waals surface area contributed by atoms with Gasteiger partial charge in [-0.1, -0.05) is 36.1 Å². The van der Waals surface area contributed by atoms with Crippen LogP contribution in [-0.4, -0.2) is 44.1 Å². The summed E-state index contributed by atoms with van der Waals surface area (Å²) in [4.78, 5) is 36.1. The van der Waals surface area contributed by atoms with Crippen LogP contribution in [0.5, 0.6) is 11.5 Å². The second-order valence-corrected chi connectivity index (χ2v) is 7.76. The highest BCUT2D eigenvalue weighted by molar-refractivity contribution is 8.27. The van der Waals surface area contributed by atoms with Crippen molar-refractivity contribution in [3.63, 3.8) is 0 Å². The van der Waals surface area contributed by atoms with Crippen LogP contribution in [0.3, 0.4) is 0 Å². The molecule has 0 radical (unpaired) electrons. The van der Waals surface area contributed by atoms with Crippen LogP contribution < -0.4 is 9.64 Å². The first-order chi connectivity index (χ1) is 14.3. The average molecular weight is 445 g/mol. The predicted molar refractivity (Wildman–Crippen MR) is 115 cm³/mol. The monoisotopic (exact) mass is 445 g/mol. The van der Waals surface area contributed by atoms with Crippen molar-refractivity contribution in [1.29, 1.82) is 0 Å². The zero-order valence-corrected chi connectivity index (χ0v) is 16.9. The normalized spacial score (nSPS) is 14.9. The third-order valence-corrected chi connectivity index (χ3v) is 5.33. The first kappa shape index (κ1) is 21.3. The number of thiocarbonyl (C=S) groups is 1. The number of carbonyl (C=O) groups excluding carboxylic acids is 1. The summed E-state index contributed by atoms with van der Waals surface area (Å²) in [6.45, 7) is 0.0539. The van der Waals surface area contributed by atoms with E-state index in [-0.39, 0.29) is 28.6 Å². The molecule has 1 aliphatic rings. The summed E-state index contributed by atoms with van der Waals surface area (Å²) >= 11 is 6.35. The number of rotatable bonds is 7. The van der Waals surface area contributed by atoms with Crippen LogP contribution in [-0.2, 0) is 9.59 Å². The van der Waals surface area contributed by atoms with Gasteiger partial charge >= 0.3 is 11.9 Å². The van der Waals surface area contributed by atoms with E-state index in [0.717, 1.165) is 11.8 Å². The topological polar surface area (TPSA) is 124 Å². The Hall–Kier alpha value is -3.37. The maximum absolute atomic E-state index is 12.8. The average Bonchev–Trinajstić information content (AvgIpc) is 2.96. The summed E-state index contributed by atoms with van der Waals surface area (Å²) in [5.41, 5.74) is 0.625. The van der Waals surface area contributed by atoms with Crippen molar-refractivity contribution < 1.29 is 34.4 Å². The van der Waals surface area contributed by atoms with Crippen molar-refractivity contribution in [1.82, 2.24) is 0 Å². The number of amides is 1. The predicted octanol–water partition coefficient (Wildman–Crippen LogP) is 3.35. The number of aromatic carboxylic acids is 1. The maximum Gasteiger partial charge on any atom is 0.339 e. The number of benzene rings is 2. The molecule has 2 aromatic carbocycles. The summed E-state index contributed by atoms with van der Waals surface area (Å²) in [5.74, 6) is -2.57. The molecule has 0 aliphatic carbocycles. The number of carboxylic acids is 2. The fourth-order valence-corrected chi connectivity index (χ4v) is 3.89. The Balaban J connectivity index is 1.77. The second-order valence-electron chi connectivity index (χ2n) is 6.08. The fraction of sp³-hybridized carbons (Fsp3) is 0.100. The van der Waals surface area contributed by atoms with Crippen molar-refractivity contribution in [2.45, 2.75) is 6.42 Å². The summed E-state index contributed by atoms with van der Waals surface area (Å²) in [7, 11) is 0. The Kier molecular flexibility index (Phi) is 6.38. The Bertz CT molecular complexity index is 1060. The van der Waals surface area contributed by atoms with E-state index in [1.54, 1.807) is 30.3 Å². The molecule has 154 valence electrons. The lowest BCUT2D eigenvalue weighted by Crippen LogP contribution is -2.27. The Labute approximate surface area is 180 Å². The first-order valence-electron chi connectivity index (χ1n) is 8.55. The van der Waals surface area contributed by atoms with Gasteiger partial charge in [-0.25, -0.2) is 4.79 Å². The first-order valence-corrected chi connectivity index (χ1v) is 9.77. The van der Waals surface area contributed by atoms with E-state index < -0.39 is 23.6 Å². The molecule has 3 rings (SSSR count). The summed E-state index contributed by atoms with van der Waals surface area (Å²) in [6, 6.07) is 10.6. The van der Waals surface area contributed by atoms with Crippen LogP contribution in [0.4, 0.5) is 5.69 Å². The molecule has 1 aliphatic heterocycles. The number of aliphatic carboxylic acids is 1. The molecule has 30 heavy (non-hydrogen) atoms. The minimum atomic E-state index is -1.32. The molecular formula is C20H15NO7S2. The number of anilines is 1. The number of hydrogen-bond donors (Lipinski definition) is 3. The second kappa shape index (κ2) is 8.97. The maximum atomic E-state index is 12.8. The van der Waals surface area contributed by atoms with Crippen molar-refractivity contribution in [2.75, 3.05) is 11.5 Å². The van der Waals surface area contributed by atoms with Crippen molar-refractivity contribution in [3.8, 4) is 11.5 Å². The third kappa shape index (κ3) is 4.78. The van der Waals surface area contributed by atoms with Crippen LogP contribution in [0, 0.1) is 0 Å². The molecule has 2 aromatic rings. The van der Waals surface area contributed by atoms with Crippen LogP contribution in [0.25, 0.3) is 6.08 Å². The van der Waals surface area contributed by atoms with Gasteiger partial charge in [-0.3, -0.25) is 14.5 Å². The summed E-state index contributed by atoms with van der Waals surface area (Å²) < 4.78 is 5.56. The highest BCUT2D eigenvalue weighted by atomic mass is 32.2. The summed E-state index contributed by atoms with van der Waals surface area (Å²) in [5, 5.41) is 27.4. The number of carbonyl (C=O) groups is 3. The molecular weight excluding hydrogens is 430 g/mol. The van der Waals surface area contributed by atoms with Crippen molar-refractivity contribution in [2.24, 2.45) is 0 Å². The smallest absolute Gasteiger partial charge is 0.339 e. The SMILES string of the molecule is O=C(O)CCOc1ccc(/C=C2\SC(=S)N(c3ccc(O)c(C(=O)O)c3)C2=O)cc1. The molecule has 3 N–H and O–H groups in total. The lowest BCUT2D eigenvalue weighted by atomic mass is 10.1. The Morgan fingerprint density at radius 2 is 1.83 bits per heavy atom. The van der Waals surface area contributed by atoms with E-state index in [2.05, 4.69) is 0 Å². The summed E-state index contributed by atoms with van der Waals surface area (Å²) in [6.07, 6.45) is 1.53. The van der Waals surface area contributed by atoms with Gasteiger partial charge in [0.05, 0.1) is 23.6 Å². The van der Waals surface area contributed by atoms with E-state index >= 15 is 0 Å². The van der Waals surface area contributed by atoms with E-state index in [4.69, 9.17) is 27.2 Å². The zero-order valence-electron chi connectivity index (χ0n) is 15.3. The largest absolute Gasteiger partial charge is 0.507 e. The number of ether oxygens (including phenoxy) is 1. The lowest BCUT2D eigenvalue weighted by molar-refractivity contribution is -0.137.